The van der Waals surface area contributed by atoms with Crippen LogP contribution in [0, 0.1) is 11.8 Å². The number of nitrogens with two attached hydrogens (primary N) is 1. The zero-order valence-electron chi connectivity index (χ0n) is 10.5. The smallest absolute Gasteiger partial charge is 0.317 e. The molecule has 1 saturated carbocycles. The molecule has 2 rings (SSSR count). The average Bonchev–Trinajstić information content (AvgIpc) is 2.96. The quantitative estimate of drug-likeness (QED) is 0.672. The minimum atomic E-state index is -0.806. The number of hydrogen-bond acceptors (Lipinski definition) is 3. The number of carbonyl (C=O) groups excluding carboxylic acids is 1. The van der Waals surface area contributed by atoms with E-state index in [0.29, 0.717) is 25.4 Å². The lowest BCUT2D eigenvalue weighted by atomic mass is 10.0. The molecular formula is C12H21N3O3. The van der Waals surface area contributed by atoms with E-state index >= 15 is 0 Å². The molecule has 2 amide bonds. The van der Waals surface area contributed by atoms with Crippen molar-refractivity contribution in [2.24, 2.45) is 17.6 Å². The van der Waals surface area contributed by atoms with Gasteiger partial charge in [-0.05, 0) is 31.7 Å². The first-order valence-electron chi connectivity index (χ1n) is 6.60. The highest BCUT2D eigenvalue weighted by Gasteiger charge is 2.35. The molecule has 6 nitrogen and oxygen atoms in total. The Morgan fingerprint density at radius 1 is 1.33 bits per heavy atom. The molecule has 3 atom stereocenters. The van der Waals surface area contributed by atoms with Crippen LogP contribution in [0.5, 0.6) is 0 Å². The van der Waals surface area contributed by atoms with E-state index in [0.717, 1.165) is 25.8 Å². The maximum atomic E-state index is 12.0. The predicted molar refractivity (Wildman–Crippen MR) is 66.0 cm³/mol. The van der Waals surface area contributed by atoms with Crippen LogP contribution in [0.25, 0.3) is 0 Å². The zero-order chi connectivity index (χ0) is 13.1. The summed E-state index contributed by atoms with van der Waals surface area (Å²) in [5.41, 5.74) is 5.59. The molecule has 6 heteroatoms. The number of hydrogen-bond donors (Lipinski definition) is 3. The van der Waals surface area contributed by atoms with E-state index in [-0.39, 0.29) is 12.1 Å². The molecule has 18 heavy (non-hydrogen) atoms. The second kappa shape index (κ2) is 5.56. The zero-order valence-corrected chi connectivity index (χ0v) is 10.5. The Labute approximate surface area is 107 Å². The van der Waals surface area contributed by atoms with Crippen molar-refractivity contribution in [3.63, 3.8) is 0 Å². The Hall–Kier alpha value is -1.30. The van der Waals surface area contributed by atoms with Gasteiger partial charge in [0.25, 0.3) is 0 Å². The maximum Gasteiger partial charge on any atom is 0.317 e. The van der Waals surface area contributed by atoms with E-state index in [9.17, 15) is 9.59 Å². The lowest BCUT2D eigenvalue weighted by Gasteiger charge is -2.23. The third-order valence-corrected chi connectivity index (χ3v) is 4.05. The molecule has 1 heterocycles. The lowest BCUT2D eigenvalue weighted by molar-refractivity contribution is -0.142. The van der Waals surface area contributed by atoms with E-state index in [2.05, 4.69) is 5.32 Å². The number of nitrogens with one attached hydrogen (secondary N) is 1. The van der Waals surface area contributed by atoms with Crippen LogP contribution in [0.15, 0.2) is 0 Å². The van der Waals surface area contributed by atoms with Crippen molar-refractivity contribution >= 4 is 12.0 Å². The first-order chi connectivity index (χ1) is 8.61. The molecule has 4 N–H and O–H groups in total. The highest BCUT2D eigenvalue weighted by molar-refractivity contribution is 5.77. The summed E-state index contributed by atoms with van der Waals surface area (Å²) in [6.07, 6.45) is 3.23. The van der Waals surface area contributed by atoms with Crippen LogP contribution in [0.2, 0.25) is 0 Å². The van der Waals surface area contributed by atoms with Gasteiger partial charge in [-0.25, -0.2) is 4.79 Å². The molecule has 1 aliphatic carbocycles. The summed E-state index contributed by atoms with van der Waals surface area (Å²) in [6, 6.07) is -0.351. The van der Waals surface area contributed by atoms with Crippen molar-refractivity contribution in [2.45, 2.75) is 31.7 Å². The molecule has 3 unspecified atom stereocenters. The van der Waals surface area contributed by atoms with Crippen molar-refractivity contribution in [1.29, 1.82) is 0 Å². The Morgan fingerprint density at radius 3 is 2.72 bits per heavy atom. The SMILES string of the molecule is NCC1CCN(C(=O)NC2CCCC2C(=O)O)C1. The first kappa shape index (κ1) is 13.1. The fourth-order valence-corrected chi connectivity index (χ4v) is 2.89. The number of amides is 2. The first-order valence-corrected chi connectivity index (χ1v) is 6.60. The summed E-state index contributed by atoms with van der Waals surface area (Å²) in [5.74, 6) is -0.851. The van der Waals surface area contributed by atoms with Crippen LogP contribution < -0.4 is 11.1 Å². The van der Waals surface area contributed by atoms with Gasteiger partial charge in [-0.2, -0.15) is 0 Å². The number of carboxylic acids is 1. The van der Waals surface area contributed by atoms with Crippen molar-refractivity contribution in [1.82, 2.24) is 10.2 Å². The van der Waals surface area contributed by atoms with E-state index in [4.69, 9.17) is 10.8 Å². The largest absolute Gasteiger partial charge is 0.481 e. The standard InChI is InChI=1S/C12H21N3O3/c13-6-8-4-5-15(7-8)12(18)14-10-3-1-2-9(10)11(16)17/h8-10H,1-7,13H2,(H,14,18)(H,16,17). The molecule has 0 aromatic rings. The van der Waals surface area contributed by atoms with Crippen LogP contribution >= 0.6 is 0 Å². The summed E-state index contributed by atoms with van der Waals surface area (Å²) in [5, 5.41) is 11.9. The second-order valence-corrected chi connectivity index (χ2v) is 5.27. The van der Waals surface area contributed by atoms with Crippen molar-refractivity contribution < 1.29 is 14.7 Å². The molecule has 0 aromatic heterocycles. The predicted octanol–water partition coefficient (Wildman–Crippen LogP) is 0.230. The number of nitrogens with zero attached hydrogens (tertiary/aromatic N) is 1. The molecule has 2 fully saturated rings. The van der Waals surface area contributed by atoms with Crippen LogP contribution in [-0.4, -0.2) is 47.7 Å². The molecule has 1 saturated heterocycles. The van der Waals surface area contributed by atoms with E-state index in [1.165, 1.54) is 0 Å². The number of carbonyl (C=O) groups is 2. The minimum absolute atomic E-state index is 0.135. The highest BCUT2D eigenvalue weighted by atomic mass is 16.4. The summed E-state index contributed by atoms with van der Waals surface area (Å²) in [4.78, 5) is 24.8. The van der Waals surface area contributed by atoms with Gasteiger partial charge in [-0.3, -0.25) is 4.79 Å². The van der Waals surface area contributed by atoms with Crippen molar-refractivity contribution in [2.75, 3.05) is 19.6 Å². The Kier molecular flexibility index (Phi) is 4.06. The summed E-state index contributed by atoms with van der Waals surface area (Å²) >= 11 is 0. The molecule has 0 radical (unpaired) electrons. The fraction of sp³-hybridized carbons (Fsp3) is 0.833. The Balaban J connectivity index is 1.86. The van der Waals surface area contributed by atoms with Crippen LogP contribution in [0.1, 0.15) is 25.7 Å². The van der Waals surface area contributed by atoms with Gasteiger partial charge in [0.15, 0.2) is 0 Å². The highest BCUT2D eigenvalue weighted by Crippen LogP contribution is 2.26. The molecule has 0 aromatic carbocycles. The molecule has 1 aliphatic heterocycles. The van der Waals surface area contributed by atoms with Gasteiger partial charge in [-0.15, -0.1) is 0 Å². The third kappa shape index (κ3) is 2.75. The van der Waals surface area contributed by atoms with Crippen LogP contribution in [-0.2, 0) is 4.79 Å². The van der Waals surface area contributed by atoms with Gasteiger partial charge in [0, 0.05) is 19.1 Å². The number of carboxylic acid groups (broad SMARTS) is 1. The minimum Gasteiger partial charge on any atom is -0.481 e. The molecule has 2 aliphatic rings. The Morgan fingerprint density at radius 2 is 2.11 bits per heavy atom. The molecular weight excluding hydrogens is 234 g/mol. The number of aliphatic carboxylic acids is 1. The van der Waals surface area contributed by atoms with Gasteiger partial charge >= 0.3 is 12.0 Å². The summed E-state index contributed by atoms with van der Waals surface area (Å²) in [6.45, 7) is 2.01. The maximum absolute atomic E-state index is 12.0. The third-order valence-electron chi connectivity index (χ3n) is 4.05. The average molecular weight is 255 g/mol. The topological polar surface area (TPSA) is 95.7 Å². The monoisotopic (exact) mass is 255 g/mol. The number of likely N-dealkylation sites (tertiary alicyclic amines) is 1. The Bertz CT molecular complexity index is 335. The molecule has 102 valence electrons. The van der Waals surface area contributed by atoms with Crippen molar-refractivity contribution in [3.8, 4) is 0 Å². The van der Waals surface area contributed by atoms with Gasteiger partial charge in [0.05, 0.1) is 5.92 Å². The number of rotatable bonds is 3. The lowest BCUT2D eigenvalue weighted by Crippen LogP contribution is -2.46. The van der Waals surface area contributed by atoms with Gasteiger partial charge in [-0.1, -0.05) is 6.42 Å². The van der Waals surface area contributed by atoms with Gasteiger partial charge in [0.2, 0.25) is 0 Å². The van der Waals surface area contributed by atoms with Gasteiger partial charge < -0.3 is 21.1 Å². The molecule has 0 spiro atoms. The van der Waals surface area contributed by atoms with E-state index in [1.807, 2.05) is 0 Å². The normalized spacial score (nSPS) is 31.6. The number of urea groups is 1. The summed E-state index contributed by atoms with van der Waals surface area (Å²) in [7, 11) is 0. The van der Waals surface area contributed by atoms with Crippen LogP contribution in [0.3, 0.4) is 0 Å². The van der Waals surface area contributed by atoms with Crippen molar-refractivity contribution in [3.05, 3.63) is 0 Å². The molecule has 0 bridgehead atoms. The summed E-state index contributed by atoms with van der Waals surface area (Å²) < 4.78 is 0. The van der Waals surface area contributed by atoms with Crippen LogP contribution in [0.4, 0.5) is 4.79 Å². The van der Waals surface area contributed by atoms with E-state index < -0.39 is 11.9 Å². The fourth-order valence-electron chi connectivity index (χ4n) is 2.89. The van der Waals surface area contributed by atoms with Gasteiger partial charge in [0.1, 0.15) is 0 Å². The second-order valence-electron chi connectivity index (χ2n) is 5.27. The van der Waals surface area contributed by atoms with E-state index in [1.54, 1.807) is 4.90 Å².